The molecule has 0 saturated heterocycles. The highest BCUT2D eigenvalue weighted by Crippen LogP contribution is 2.24. The van der Waals surface area contributed by atoms with Crippen LogP contribution in [0.1, 0.15) is 41.5 Å². The van der Waals surface area contributed by atoms with Crippen LogP contribution in [0.25, 0.3) is 0 Å². The quantitative estimate of drug-likeness (QED) is 0.620. The van der Waals surface area contributed by atoms with Gasteiger partial charge in [-0.25, -0.2) is 0 Å². The van der Waals surface area contributed by atoms with E-state index in [1.807, 2.05) is 18.7 Å². The van der Waals surface area contributed by atoms with Crippen LogP contribution in [0.4, 0.5) is 0 Å². The van der Waals surface area contributed by atoms with Gasteiger partial charge in [0.05, 0.1) is 6.10 Å². The monoisotopic (exact) mass is 188 g/mol. The second kappa shape index (κ2) is 5.52. The van der Waals surface area contributed by atoms with E-state index in [4.69, 9.17) is 4.74 Å². The van der Waals surface area contributed by atoms with Crippen molar-refractivity contribution in [3.8, 4) is 0 Å². The molecule has 12 heavy (non-hydrogen) atoms. The van der Waals surface area contributed by atoms with Gasteiger partial charge in [-0.1, -0.05) is 13.8 Å². The van der Waals surface area contributed by atoms with Crippen LogP contribution in [0, 0.1) is 0 Å². The van der Waals surface area contributed by atoms with Crippen LogP contribution in [-0.2, 0) is 4.74 Å². The minimum absolute atomic E-state index is 0.285. The van der Waals surface area contributed by atoms with Crippen molar-refractivity contribution in [1.82, 2.24) is 0 Å². The first kappa shape index (κ1) is 11.9. The molecule has 0 radical (unpaired) electrons. The first-order valence-corrected chi connectivity index (χ1v) is 5.32. The minimum atomic E-state index is 0.285. The molecular weight excluding hydrogens is 168 g/mol. The van der Waals surface area contributed by atoms with Gasteiger partial charge in [-0.3, -0.25) is 0 Å². The molecule has 0 spiro atoms. The summed E-state index contributed by atoms with van der Waals surface area (Å²) < 4.78 is 5.57. The van der Waals surface area contributed by atoms with Gasteiger partial charge in [-0.05, 0) is 27.7 Å². The van der Waals surface area contributed by atoms with Gasteiger partial charge >= 0.3 is 0 Å². The van der Waals surface area contributed by atoms with Crippen molar-refractivity contribution in [3.05, 3.63) is 10.7 Å². The molecule has 0 aliphatic heterocycles. The molecule has 0 rings (SSSR count). The molecule has 0 heterocycles. The summed E-state index contributed by atoms with van der Waals surface area (Å²) in [5.41, 5.74) is 0. The highest BCUT2D eigenvalue weighted by molar-refractivity contribution is 8.03. The van der Waals surface area contributed by atoms with Crippen molar-refractivity contribution in [2.45, 2.75) is 52.9 Å². The van der Waals surface area contributed by atoms with Gasteiger partial charge in [0.15, 0.2) is 0 Å². The Kier molecular flexibility index (Phi) is 5.47. The summed E-state index contributed by atoms with van der Waals surface area (Å²) in [6.45, 7) is 12.6. The lowest BCUT2D eigenvalue weighted by molar-refractivity contribution is 0.148. The van der Waals surface area contributed by atoms with Gasteiger partial charge in [0.25, 0.3) is 0 Å². The topological polar surface area (TPSA) is 9.23 Å². The summed E-state index contributed by atoms with van der Waals surface area (Å²) in [5.74, 6) is 1.06. The maximum atomic E-state index is 5.57. The second-order valence-corrected chi connectivity index (χ2v) is 5.24. The van der Waals surface area contributed by atoms with Crippen LogP contribution >= 0.6 is 11.8 Å². The number of thioether (sulfide) groups is 1. The fourth-order valence-corrected chi connectivity index (χ4v) is 1.79. The molecule has 0 bridgehead atoms. The zero-order valence-electron chi connectivity index (χ0n) is 8.97. The molecule has 72 valence electrons. The molecule has 0 unspecified atom stereocenters. The predicted molar refractivity (Wildman–Crippen MR) is 57.3 cm³/mol. The molecule has 0 aromatic heterocycles. The number of allylic oxidation sites excluding steroid dienone is 2. The summed E-state index contributed by atoms with van der Waals surface area (Å²) >= 11 is 1.86. The van der Waals surface area contributed by atoms with E-state index >= 15 is 0 Å². The highest BCUT2D eigenvalue weighted by Gasteiger charge is 2.03. The Labute approximate surface area is 80.6 Å². The molecule has 0 atom stereocenters. The highest BCUT2D eigenvalue weighted by atomic mass is 32.2. The second-order valence-electron chi connectivity index (χ2n) is 3.45. The fourth-order valence-electron chi connectivity index (χ4n) is 0.873. The van der Waals surface area contributed by atoms with Crippen LogP contribution in [0.5, 0.6) is 0 Å². The van der Waals surface area contributed by atoms with E-state index in [0.717, 1.165) is 5.76 Å². The maximum Gasteiger partial charge on any atom is 0.102 e. The van der Waals surface area contributed by atoms with Crippen molar-refractivity contribution in [1.29, 1.82) is 0 Å². The Morgan fingerprint density at radius 2 is 1.58 bits per heavy atom. The van der Waals surface area contributed by atoms with Gasteiger partial charge in [0, 0.05) is 10.2 Å². The minimum Gasteiger partial charge on any atom is -0.495 e. The standard InChI is InChI=1S/C10H20OS/c1-7(2)11-9(5)10(6)12-8(3)4/h7-8H,1-6H3/b10-9+. The Hall–Kier alpha value is -0.110. The van der Waals surface area contributed by atoms with Gasteiger partial charge in [-0.15, -0.1) is 11.8 Å². The molecule has 0 fully saturated rings. The lowest BCUT2D eigenvalue weighted by Gasteiger charge is -2.14. The van der Waals surface area contributed by atoms with Gasteiger partial charge < -0.3 is 4.74 Å². The Morgan fingerprint density at radius 1 is 1.08 bits per heavy atom. The van der Waals surface area contributed by atoms with Crippen molar-refractivity contribution >= 4 is 11.8 Å². The first-order valence-electron chi connectivity index (χ1n) is 4.44. The number of hydrogen-bond acceptors (Lipinski definition) is 2. The summed E-state index contributed by atoms with van der Waals surface area (Å²) in [4.78, 5) is 1.29. The van der Waals surface area contributed by atoms with Crippen molar-refractivity contribution in [2.75, 3.05) is 0 Å². The molecule has 1 nitrogen and oxygen atoms in total. The van der Waals surface area contributed by atoms with Crippen molar-refractivity contribution < 1.29 is 4.74 Å². The maximum absolute atomic E-state index is 5.57. The van der Waals surface area contributed by atoms with E-state index in [0.29, 0.717) is 5.25 Å². The van der Waals surface area contributed by atoms with E-state index < -0.39 is 0 Å². The van der Waals surface area contributed by atoms with Gasteiger partial charge in [0.1, 0.15) is 5.76 Å². The SMILES string of the molecule is C/C(OC(C)C)=C(/C)SC(C)C. The van der Waals surface area contributed by atoms with Crippen LogP contribution in [-0.4, -0.2) is 11.4 Å². The zero-order valence-corrected chi connectivity index (χ0v) is 9.79. The lowest BCUT2D eigenvalue weighted by atomic mass is 10.4. The fraction of sp³-hybridized carbons (Fsp3) is 0.800. The number of hydrogen-bond donors (Lipinski definition) is 0. The van der Waals surface area contributed by atoms with Crippen LogP contribution < -0.4 is 0 Å². The third-order valence-electron chi connectivity index (χ3n) is 1.32. The summed E-state index contributed by atoms with van der Waals surface area (Å²) in [7, 11) is 0. The van der Waals surface area contributed by atoms with E-state index in [9.17, 15) is 0 Å². The molecular formula is C10H20OS. The van der Waals surface area contributed by atoms with Gasteiger partial charge in [0.2, 0.25) is 0 Å². The smallest absolute Gasteiger partial charge is 0.102 e. The molecule has 2 heteroatoms. The molecule has 0 aromatic carbocycles. The molecule has 0 aliphatic carbocycles. The predicted octanol–water partition coefficient (Wildman–Crippen LogP) is 3.80. The summed E-state index contributed by atoms with van der Waals surface area (Å²) in [5, 5.41) is 0.635. The molecule has 0 aromatic rings. The van der Waals surface area contributed by atoms with Crippen LogP contribution in [0.15, 0.2) is 10.7 Å². The molecule has 0 saturated carbocycles. The Balaban J connectivity index is 4.06. The van der Waals surface area contributed by atoms with Crippen LogP contribution in [0.2, 0.25) is 0 Å². The summed E-state index contributed by atoms with van der Waals surface area (Å²) in [6.07, 6.45) is 0.285. The van der Waals surface area contributed by atoms with Crippen molar-refractivity contribution in [2.24, 2.45) is 0 Å². The average Bonchev–Trinajstić information content (AvgIpc) is 1.84. The zero-order chi connectivity index (χ0) is 9.72. The average molecular weight is 188 g/mol. The lowest BCUT2D eigenvalue weighted by Crippen LogP contribution is -2.01. The number of ether oxygens (including phenoxy) is 1. The number of rotatable bonds is 4. The Bertz CT molecular complexity index is 141. The normalized spacial score (nSPS) is 13.7. The van der Waals surface area contributed by atoms with Crippen molar-refractivity contribution in [3.63, 3.8) is 0 Å². The van der Waals surface area contributed by atoms with E-state index in [-0.39, 0.29) is 6.10 Å². The molecule has 0 amide bonds. The third-order valence-corrected chi connectivity index (χ3v) is 2.43. The van der Waals surface area contributed by atoms with Gasteiger partial charge in [-0.2, -0.15) is 0 Å². The summed E-state index contributed by atoms with van der Waals surface area (Å²) in [6, 6.07) is 0. The first-order chi connectivity index (χ1) is 5.43. The molecule has 0 aliphatic rings. The largest absolute Gasteiger partial charge is 0.495 e. The Morgan fingerprint density at radius 3 is 1.92 bits per heavy atom. The van der Waals surface area contributed by atoms with E-state index in [2.05, 4.69) is 34.6 Å². The van der Waals surface area contributed by atoms with E-state index in [1.165, 1.54) is 4.91 Å². The molecule has 0 N–H and O–H groups in total. The third kappa shape index (κ3) is 5.53. The van der Waals surface area contributed by atoms with Crippen LogP contribution in [0.3, 0.4) is 0 Å². The van der Waals surface area contributed by atoms with E-state index in [1.54, 1.807) is 0 Å².